The minimum absolute atomic E-state index is 0.142. The van der Waals surface area contributed by atoms with Gasteiger partial charge in [-0.05, 0) is 32.4 Å². The fraction of sp³-hybridized carbons (Fsp3) is 0.636. The van der Waals surface area contributed by atoms with E-state index < -0.39 is 15.6 Å². The maximum atomic E-state index is 12.2. The van der Waals surface area contributed by atoms with Crippen LogP contribution in [-0.4, -0.2) is 31.8 Å². The molecule has 102 valence electrons. The molecule has 1 aromatic rings. The number of rotatable bonds is 4. The van der Waals surface area contributed by atoms with E-state index in [1.165, 1.54) is 6.07 Å². The molecule has 0 bridgehead atoms. The summed E-state index contributed by atoms with van der Waals surface area (Å²) in [6, 6.07) is 3.14. The van der Waals surface area contributed by atoms with Crippen molar-refractivity contribution in [3.05, 3.63) is 17.0 Å². The van der Waals surface area contributed by atoms with Crippen LogP contribution in [0, 0.1) is 0 Å². The van der Waals surface area contributed by atoms with Gasteiger partial charge in [0.05, 0.1) is 18.2 Å². The Hall–Kier alpha value is -0.470. The zero-order valence-electron chi connectivity index (χ0n) is 10.3. The van der Waals surface area contributed by atoms with E-state index in [4.69, 9.17) is 9.84 Å². The normalized spacial score (nSPS) is 28.7. The number of sulfonamides is 1. The Morgan fingerprint density at radius 3 is 2.83 bits per heavy atom. The van der Waals surface area contributed by atoms with Crippen molar-refractivity contribution in [2.45, 2.75) is 42.7 Å². The van der Waals surface area contributed by atoms with Gasteiger partial charge in [0.1, 0.15) is 4.21 Å². The van der Waals surface area contributed by atoms with Gasteiger partial charge in [-0.25, -0.2) is 13.1 Å². The van der Waals surface area contributed by atoms with E-state index in [-0.39, 0.29) is 16.9 Å². The first-order chi connectivity index (χ1) is 8.37. The van der Waals surface area contributed by atoms with E-state index in [1.54, 1.807) is 6.07 Å². The molecule has 1 fully saturated rings. The summed E-state index contributed by atoms with van der Waals surface area (Å²) in [6.45, 7) is 4.13. The lowest BCUT2D eigenvalue weighted by Gasteiger charge is -2.28. The average Bonchev–Trinajstić information content (AvgIpc) is 2.87. The fourth-order valence-corrected chi connectivity index (χ4v) is 4.62. The van der Waals surface area contributed by atoms with E-state index in [0.717, 1.165) is 11.3 Å². The van der Waals surface area contributed by atoms with Crippen LogP contribution in [0.1, 0.15) is 25.1 Å². The molecule has 2 heterocycles. The van der Waals surface area contributed by atoms with Crippen LogP contribution in [0.2, 0.25) is 0 Å². The minimum Gasteiger partial charge on any atom is -0.391 e. The van der Waals surface area contributed by atoms with E-state index >= 15 is 0 Å². The molecular formula is C11H17NO4S2. The maximum absolute atomic E-state index is 12.2. The summed E-state index contributed by atoms with van der Waals surface area (Å²) >= 11 is 1.08. The topological polar surface area (TPSA) is 75.6 Å². The standard InChI is InChI=1S/C11H17NO4S2/c1-8-11(2,5-6-16-8)12-18(14,15)10-4-3-9(7-13)17-10/h3-4,8,12-13H,5-7H2,1-2H3. The van der Waals surface area contributed by atoms with E-state index in [0.29, 0.717) is 17.9 Å². The molecule has 0 saturated carbocycles. The van der Waals surface area contributed by atoms with Gasteiger partial charge in [-0.2, -0.15) is 0 Å². The molecule has 5 nitrogen and oxygen atoms in total. The summed E-state index contributed by atoms with van der Waals surface area (Å²) in [6.07, 6.45) is 0.510. The molecule has 0 radical (unpaired) electrons. The average molecular weight is 291 g/mol. The van der Waals surface area contributed by atoms with Gasteiger partial charge in [-0.15, -0.1) is 11.3 Å². The van der Waals surface area contributed by atoms with Crippen molar-refractivity contribution < 1.29 is 18.3 Å². The molecule has 18 heavy (non-hydrogen) atoms. The summed E-state index contributed by atoms with van der Waals surface area (Å²) in [4.78, 5) is 0.635. The second-order valence-electron chi connectivity index (χ2n) is 4.66. The summed E-state index contributed by atoms with van der Waals surface area (Å²) in [5.41, 5.74) is -0.567. The third kappa shape index (κ3) is 2.60. The van der Waals surface area contributed by atoms with Crippen LogP contribution >= 0.6 is 11.3 Å². The van der Waals surface area contributed by atoms with Gasteiger partial charge in [0, 0.05) is 11.5 Å². The van der Waals surface area contributed by atoms with Crippen LogP contribution in [0.25, 0.3) is 0 Å². The van der Waals surface area contributed by atoms with Gasteiger partial charge in [-0.1, -0.05) is 0 Å². The first-order valence-electron chi connectivity index (χ1n) is 5.72. The fourth-order valence-electron chi connectivity index (χ4n) is 1.91. The van der Waals surface area contributed by atoms with Crippen molar-refractivity contribution in [2.75, 3.05) is 6.61 Å². The zero-order valence-corrected chi connectivity index (χ0v) is 12.0. The van der Waals surface area contributed by atoms with Crippen molar-refractivity contribution in [3.63, 3.8) is 0 Å². The largest absolute Gasteiger partial charge is 0.391 e. The molecule has 1 aliphatic heterocycles. The summed E-state index contributed by atoms with van der Waals surface area (Å²) in [7, 11) is -3.55. The molecule has 0 aromatic carbocycles. The van der Waals surface area contributed by atoms with Gasteiger partial charge in [0.2, 0.25) is 0 Å². The van der Waals surface area contributed by atoms with E-state index in [1.807, 2.05) is 13.8 Å². The Bertz CT molecular complexity index is 525. The molecular weight excluding hydrogens is 274 g/mol. The Labute approximate surface area is 111 Å². The highest BCUT2D eigenvalue weighted by molar-refractivity contribution is 7.91. The number of ether oxygens (including phenoxy) is 1. The molecule has 2 rings (SSSR count). The second-order valence-corrected chi connectivity index (χ2v) is 7.74. The third-order valence-electron chi connectivity index (χ3n) is 3.31. The highest BCUT2D eigenvalue weighted by atomic mass is 32.2. The summed E-state index contributed by atoms with van der Waals surface area (Å²) in [5.74, 6) is 0. The van der Waals surface area contributed by atoms with Crippen molar-refractivity contribution in [1.29, 1.82) is 0 Å². The quantitative estimate of drug-likeness (QED) is 0.870. The van der Waals surface area contributed by atoms with Gasteiger partial charge in [0.25, 0.3) is 10.0 Å². The van der Waals surface area contributed by atoms with Gasteiger partial charge in [0.15, 0.2) is 0 Å². The molecule has 7 heteroatoms. The molecule has 2 N–H and O–H groups in total. The molecule has 0 aliphatic carbocycles. The third-order valence-corrected chi connectivity index (χ3v) is 6.49. The van der Waals surface area contributed by atoms with Gasteiger partial charge in [-0.3, -0.25) is 0 Å². The summed E-state index contributed by atoms with van der Waals surface area (Å²) < 4.78 is 32.8. The first kappa shape index (κ1) is 14.0. The number of nitrogens with one attached hydrogen (secondary N) is 1. The smallest absolute Gasteiger partial charge is 0.250 e. The highest BCUT2D eigenvalue weighted by Crippen LogP contribution is 2.29. The van der Waals surface area contributed by atoms with Crippen molar-refractivity contribution in [3.8, 4) is 0 Å². The molecule has 2 unspecified atom stereocenters. The second kappa shape index (κ2) is 4.90. The SMILES string of the molecule is CC1OCCC1(C)NS(=O)(=O)c1ccc(CO)s1. The number of hydrogen-bond donors (Lipinski definition) is 2. The lowest BCUT2D eigenvalue weighted by Crippen LogP contribution is -2.50. The number of hydrogen-bond acceptors (Lipinski definition) is 5. The van der Waals surface area contributed by atoms with Crippen LogP contribution in [-0.2, 0) is 21.4 Å². The predicted molar refractivity (Wildman–Crippen MR) is 69.0 cm³/mol. The van der Waals surface area contributed by atoms with Gasteiger partial charge >= 0.3 is 0 Å². The first-order valence-corrected chi connectivity index (χ1v) is 8.02. The molecule has 1 aromatic heterocycles. The number of thiophene rings is 1. The monoisotopic (exact) mass is 291 g/mol. The van der Waals surface area contributed by atoms with Crippen molar-refractivity contribution >= 4 is 21.4 Å². The van der Waals surface area contributed by atoms with Crippen molar-refractivity contribution in [2.24, 2.45) is 0 Å². The minimum atomic E-state index is -3.55. The zero-order chi connectivity index (χ0) is 13.4. The van der Waals surface area contributed by atoms with Gasteiger partial charge < -0.3 is 9.84 Å². The number of aliphatic hydroxyl groups excluding tert-OH is 1. The van der Waals surface area contributed by atoms with Crippen LogP contribution in [0.15, 0.2) is 16.3 Å². The highest BCUT2D eigenvalue weighted by Gasteiger charge is 2.40. The lowest BCUT2D eigenvalue weighted by atomic mass is 9.97. The Morgan fingerprint density at radius 1 is 1.61 bits per heavy atom. The predicted octanol–water partition coefficient (Wildman–Crippen LogP) is 1.09. The lowest BCUT2D eigenvalue weighted by molar-refractivity contribution is 0.0957. The molecule has 1 saturated heterocycles. The molecule has 0 spiro atoms. The van der Waals surface area contributed by atoms with E-state index in [9.17, 15) is 8.42 Å². The Morgan fingerprint density at radius 2 is 2.33 bits per heavy atom. The Balaban J connectivity index is 2.22. The van der Waals surface area contributed by atoms with Crippen LogP contribution in [0.5, 0.6) is 0 Å². The Kier molecular flexibility index (Phi) is 3.80. The van der Waals surface area contributed by atoms with Crippen LogP contribution < -0.4 is 4.72 Å². The molecule has 1 aliphatic rings. The van der Waals surface area contributed by atoms with Crippen LogP contribution in [0.3, 0.4) is 0 Å². The number of aliphatic hydroxyl groups is 1. The maximum Gasteiger partial charge on any atom is 0.250 e. The molecule has 2 atom stereocenters. The van der Waals surface area contributed by atoms with Crippen LogP contribution in [0.4, 0.5) is 0 Å². The molecule has 0 amide bonds. The van der Waals surface area contributed by atoms with E-state index in [2.05, 4.69) is 4.72 Å². The summed E-state index contributed by atoms with van der Waals surface area (Å²) in [5, 5.41) is 8.97. The van der Waals surface area contributed by atoms with Crippen molar-refractivity contribution in [1.82, 2.24) is 4.72 Å².